The van der Waals surface area contributed by atoms with Gasteiger partial charge in [-0.25, -0.2) is 0 Å². The van der Waals surface area contributed by atoms with Gasteiger partial charge in [0.25, 0.3) is 0 Å². The van der Waals surface area contributed by atoms with Crippen molar-refractivity contribution >= 4 is 17.4 Å². The Labute approximate surface area is 99.4 Å². The second-order valence-electron chi connectivity index (χ2n) is 3.16. The standard InChI is InChI=1S/C13H7N2S/c14-8-10(9-15)7-12-5-6-13(16-12)11-3-1-2-4-11/h1-7H. The number of hydrogen-bond donors (Lipinski definition) is 0. The molecule has 0 saturated heterocycles. The summed E-state index contributed by atoms with van der Waals surface area (Å²) in [5.74, 6) is 1.17. The van der Waals surface area contributed by atoms with Crippen LogP contribution in [0.3, 0.4) is 0 Å². The van der Waals surface area contributed by atoms with E-state index in [-0.39, 0.29) is 5.57 Å². The van der Waals surface area contributed by atoms with Gasteiger partial charge in [0, 0.05) is 15.7 Å². The van der Waals surface area contributed by atoms with Crippen molar-refractivity contribution in [2.75, 3.05) is 0 Å². The Hall–Kier alpha value is -1.58. The number of nitrogens with zero attached hydrogens (tertiary/aromatic N) is 2. The Morgan fingerprint density at radius 1 is 1.12 bits per heavy atom. The summed E-state index contributed by atoms with van der Waals surface area (Å²) in [6.07, 6.45) is 9.65. The van der Waals surface area contributed by atoms with Gasteiger partial charge < -0.3 is 0 Å². The second-order valence-corrected chi connectivity index (χ2v) is 4.27. The van der Waals surface area contributed by atoms with Crippen LogP contribution in [0.15, 0.2) is 17.7 Å². The van der Waals surface area contributed by atoms with Crippen LogP contribution in [0.1, 0.15) is 9.75 Å². The Morgan fingerprint density at radius 2 is 1.81 bits per heavy atom. The van der Waals surface area contributed by atoms with E-state index in [4.69, 9.17) is 10.5 Å². The first-order chi connectivity index (χ1) is 7.83. The van der Waals surface area contributed by atoms with Gasteiger partial charge in [0.2, 0.25) is 0 Å². The molecular weight excluding hydrogens is 216 g/mol. The molecule has 1 aliphatic carbocycles. The second kappa shape index (κ2) is 4.96. The molecule has 1 fully saturated rings. The van der Waals surface area contributed by atoms with Gasteiger partial charge in [0.05, 0.1) is 0 Å². The van der Waals surface area contributed by atoms with Crippen LogP contribution in [0.25, 0.3) is 6.08 Å². The molecule has 2 nitrogen and oxygen atoms in total. The first-order valence-corrected chi connectivity index (χ1v) is 5.49. The monoisotopic (exact) mass is 223 g/mol. The third kappa shape index (κ3) is 2.32. The van der Waals surface area contributed by atoms with Gasteiger partial charge >= 0.3 is 0 Å². The molecule has 0 spiro atoms. The summed E-state index contributed by atoms with van der Waals surface area (Å²) >= 11 is 1.57. The molecular formula is C13H7N2S. The lowest BCUT2D eigenvalue weighted by Gasteiger charge is -2.01. The normalized spacial score (nSPS) is 15.4. The fourth-order valence-corrected chi connectivity index (χ4v) is 2.31. The van der Waals surface area contributed by atoms with Gasteiger partial charge in [0.15, 0.2) is 0 Å². The van der Waals surface area contributed by atoms with Crippen LogP contribution in [-0.4, -0.2) is 0 Å². The lowest BCUT2D eigenvalue weighted by molar-refractivity contribution is 1.35. The van der Waals surface area contributed by atoms with E-state index in [0.29, 0.717) is 0 Å². The smallest absolute Gasteiger partial charge is 0.131 e. The van der Waals surface area contributed by atoms with Crippen molar-refractivity contribution in [3.8, 4) is 12.1 Å². The van der Waals surface area contributed by atoms with Gasteiger partial charge in [-0.15, -0.1) is 11.3 Å². The molecule has 16 heavy (non-hydrogen) atoms. The first-order valence-electron chi connectivity index (χ1n) is 4.67. The topological polar surface area (TPSA) is 47.6 Å². The zero-order valence-electron chi connectivity index (χ0n) is 8.34. The van der Waals surface area contributed by atoms with E-state index in [9.17, 15) is 0 Å². The largest absolute Gasteiger partial charge is 0.192 e. The van der Waals surface area contributed by atoms with Crippen molar-refractivity contribution in [3.63, 3.8) is 0 Å². The van der Waals surface area contributed by atoms with Crippen LogP contribution in [-0.2, 0) is 0 Å². The SMILES string of the molecule is N#CC(C#N)=Cc1ccc([C]2[CH][CH][CH][CH]2)s1. The van der Waals surface area contributed by atoms with Gasteiger partial charge in [-0.2, -0.15) is 10.5 Å². The molecule has 1 aliphatic rings. The third-order valence-electron chi connectivity index (χ3n) is 2.10. The molecule has 1 aromatic rings. The van der Waals surface area contributed by atoms with Crippen molar-refractivity contribution in [2.24, 2.45) is 0 Å². The highest BCUT2D eigenvalue weighted by atomic mass is 32.1. The molecule has 2 rings (SSSR count). The Kier molecular flexibility index (Phi) is 3.39. The van der Waals surface area contributed by atoms with E-state index < -0.39 is 0 Å². The van der Waals surface area contributed by atoms with Crippen LogP contribution in [0.5, 0.6) is 0 Å². The average Bonchev–Trinajstić information content (AvgIpc) is 2.96. The summed E-state index contributed by atoms with van der Waals surface area (Å²) in [5, 5.41) is 17.3. The molecule has 0 bridgehead atoms. The minimum atomic E-state index is 0.135. The number of thiophene rings is 1. The zero-order chi connectivity index (χ0) is 11.4. The minimum Gasteiger partial charge on any atom is -0.192 e. The summed E-state index contributed by atoms with van der Waals surface area (Å²) in [4.78, 5) is 2.07. The molecule has 3 heteroatoms. The summed E-state index contributed by atoms with van der Waals surface area (Å²) in [6.45, 7) is 0. The lowest BCUT2D eigenvalue weighted by Crippen LogP contribution is -1.88. The lowest BCUT2D eigenvalue weighted by atomic mass is 10.1. The number of nitriles is 2. The van der Waals surface area contributed by atoms with Crippen LogP contribution in [0, 0.1) is 54.3 Å². The highest BCUT2D eigenvalue weighted by molar-refractivity contribution is 7.13. The highest BCUT2D eigenvalue weighted by Gasteiger charge is 2.20. The van der Waals surface area contributed by atoms with Gasteiger partial charge in [-0.05, 0) is 43.9 Å². The van der Waals surface area contributed by atoms with Gasteiger partial charge in [0.1, 0.15) is 17.7 Å². The van der Waals surface area contributed by atoms with Crippen molar-refractivity contribution in [3.05, 3.63) is 59.1 Å². The van der Waals surface area contributed by atoms with E-state index in [2.05, 4.69) is 0 Å². The van der Waals surface area contributed by atoms with Gasteiger partial charge in [-0.3, -0.25) is 0 Å². The predicted octanol–water partition coefficient (Wildman–Crippen LogP) is 2.93. The summed E-state index contributed by atoms with van der Waals surface area (Å²) in [7, 11) is 0. The third-order valence-corrected chi connectivity index (χ3v) is 3.18. The van der Waals surface area contributed by atoms with Crippen LogP contribution in [0.2, 0.25) is 0 Å². The molecule has 0 atom stereocenters. The molecule has 0 aromatic carbocycles. The van der Waals surface area contributed by atoms with E-state index in [0.717, 1.165) is 9.75 Å². The molecule has 0 N–H and O–H groups in total. The molecule has 5 radical (unpaired) electrons. The van der Waals surface area contributed by atoms with Crippen LogP contribution >= 0.6 is 11.3 Å². The van der Waals surface area contributed by atoms with Crippen molar-refractivity contribution in [1.29, 1.82) is 10.5 Å². The highest BCUT2D eigenvalue weighted by Crippen LogP contribution is 2.34. The summed E-state index contributed by atoms with van der Waals surface area (Å²) < 4.78 is 0. The maximum atomic E-state index is 8.64. The summed E-state index contributed by atoms with van der Waals surface area (Å²) in [6, 6.07) is 7.62. The first kappa shape index (κ1) is 10.9. The number of rotatable bonds is 2. The maximum Gasteiger partial charge on any atom is 0.131 e. The van der Waals surface area contributed by atoms with E-state index in [1.54, 1.807) is 17.4 Å². The Bertz CT molecular complexity index is 463. The Morgan fingerprint density at radius 3 is 2.44 bits per heavy atom. The summed E-state index contributed by atoms with van der Waals surface area (Å²) in [5.41, 5.74) is 0.135. The number of allylic oxidation sites excluding steroid dienone is 1. The fourth-order valence-electron chi connectivity index (χ4n) is 1.36. The molecule has 0 unspecified atom stereocenters. The van der Waals surface area contributed by atoms with Crippen LogP contribution in [0.4, 0.5) is 0 Å². The fraction of sp³-hybridized carbons (Fsp3) is 0. The zero-order valence-corrected chi connectivity index (χ0v) is 9.16. The van der Waals surface area contributed by atoms with Gasteiger partial charge in [-0.1, -0.05) is 0 Å². The predicted molar refractivity (Wildman–Crippen MR) is 63.1 cm³/mol. The average molecular weight is 223 g/mol. The maximum absolute atomic E-state index is 8.64. The quantitative estimate of drug-likeness (QED) is 0.724. The van der Waals surface area contributed by atoms with E-state index in [1.807, 2.05) is 50.0 Å². The minimum absolute atomic E-state index is 0.135. The molecule has 0 aliphatic heterocycles. The van der Waals surface area contributed by atoms with Crippen molar-refractivity contribution < 1.29 is 0 Å². The van der Waals surface area contributed by atoms with Crippen molar-refractivity contribution in [2.45, 2.75) is 0 Å². The molecule has 1 saturated carbocycles. The molecule has 1 aromatic heterocycles. The molecule has 0 amide bonds. The molecule has 1 heterocycles. The Balaban J connectivity index is 2.17. The van der Waals surface area contributed by atoms with Crippen molar-refractivity contribution in [1.82, 2.24) is 0 Å². The number of hydrogen-bond acceptors (Lipinski definition) is 3. The van der Waals surface area contributed by atoms with E-state index in [1.165, 1.54) is 5.92 Å². The van der Waals surface area contributed by atoms with E-state index >= 15 is 0 Å². The van der Waals surface area contributed by atoms with Crippen LogP contribution < -0.4 is 0 Å². The molecule has 75 valence electrons.